The molecule has 0 saturated carbocycles. The molecule has 1 amide bonds. The van der Waals surface area contributed by atoms with E-state index in [0.717, 1.165) is 19.5 Å². The van der Waals surface area contributed by atoms with Gasteiger partial charge in [-0.3, -0.25) is 9.80 Å². The fourth-order valence-electron chi connectivity index (χ4n) is 2.56. The number of piperidine rings is 1. The van der Waals surface area contributed by atoms with E-state index in [1.807, 2.05) is 25.7 Å². The maximum Gasteiger partial charge on any atom is 0.410 e. The second kappa shape index (κ2) is 4.35. The molecule has 3 saturated heterocycles. The molecule has 0 aromatic heterocycles. The van der Waals surface area contributed by atoms with E-state index in [1.54, 1.807) is 0 Å². The molecule has 2 bridgehead atoms. The summed E-state index contributed by atoms with van der Waals surface area (Å²) >= 11 is 4.44. The van der Waals surface area contributed by atoms with Gasteiger partial charge < -0.3 is 4.74 Å². The van der Waals surface area contributed by atoms with Crippen LogP contribution in [0.5, 0.6) is 0 Å². The summed E-state index contributed by atoms with van der Waals surface area (Å²) < 4.78 is 5.42. The Morgan fingerprint density at radius 3 is 2.29 bits per heavy atom. The average molecular weight is 258 g/mol. The van der Waals surface area contributed by atoms with Crippen LogP contribution in [0.3, 0.4) is 0 Å². The molecule has 3 atom stereocenters. The first-order chi connectivity index (χ1) is 7.78. The summed E-state index contributed by atoms with van der Waals surface area (Å²) in [6.07, 6.45) is 0.946. The van der Waals surface area contributed by atoms with Crippen molar-refractivity contribution in [1.29, 1.82) is 0 Å². The van der Waals surface area contributed by atoms with E-state index >= 15 is 0 Å². The summed E-state index contributed by atoms with van der Waals surface area (Å²) in [6.45, 7) is 9.63. The van der Waals surface area contributed by atoms with Crippen molar-refractivity contribution < 1.29 is 9.53 Å². The van der Waals surface area contributed by atoms with Crippen LogP contribution < -0.4 is 0 Å². The van der Waals surface area contributed by atoms with Gasteiger partial charge in [0.15, 0.2) is 0 Å². The Labute approximate surface area is 109 Å². The number of fused-ring (bicyclic) bond motifs is 2. The van der Waals surface area contributed by atoms with Gasteiger partial charge in [-0.15, -0.1) is 0 Å². The zero-order valence-electron chi connectivity index (χ0n) is 11.0. The van der Waals surface area contributed by atoms with Crippen molar-refractivity contribution in [2.24, 2.45) is 0 Å². The van der Waals surface area contributed by atoms with Gasteiger partial charge in [-0.1, -0.05) is 0 Å². The van der Waals surface area contributed by atoms with Gasteiger partial charge in [-0.2, -0.15) is 12.6 Å². The molecule has 5 heteroatoms. The number of carbonyl (C=O) groups is 1. The molecule has 3 heterocycles. The molecule has 4 nitrogen and oxygen atoms in total. The molecule has 0 radical (unpaired) electrons. The van der Waals surface area contributed by atoms with Crippen LogP contribution in [0, 0.1) is 0 Å². The maximum atomic E-state index is 12.0. The number of nitrogens with zero attached hydrogens (tertiary/aromatic N) is 2. The number of carbonyl (C=O) groups excluding carboxylic acids is 1. The van der Waals surface area contributed by atoms with E-state index < -0.39 is 5.60 Å². The number of piperazine rings is 1. The summed E-state index contributed by atoms with van der Waals surface area (Å²) in [6, 6.07) is 0.636. The lowest BCUT2D eigenvalue weighted by Gasteiger charge is -2.56. The molecule has 0 N–H and O–H groups in total. The smallest absolute Gasteiger partial charge is 0.410 e. The van der Waals surface area contributed by atoms with Crippen LogP contribution in [-0.2, 0) is 4.74 Å². The number of amides is 1. The molecule has 3 fully saturated rings. The highest BCUT2D eigenvalue weighted by molar-refractivity contribution is 7.80. The lowest BCUT2D eigenvalue weighted by atomic mass is 9.88. The summed E-state index contributed by atoms with van der Waals surface area (Å²) in [5.41, 5.74) is -0.405. The van der Waals surface area contributed by atoms with Gasteiger partial charge in [0, 0.05) is 13.1 Å². The second-order valence-electron chi connectivity index (χ2n) is 6.02. The van der Waals surface area contributed by atoms with Crippen molar-refractivity contribution >= 4 is 18.7 Å². The first-order valence-corrected chi connectivity index (χ1v) is 6.73. The Hall–Kier alpha value is -0.420. The predicted molar refractivity (Wildman–Crippen MR) is 70.3 cm³/mol. The van der Waals surface area contributed by atoms with E-state index in [-0.39, 0.29) is 11.5 Å². The Morgan fingerprint density at radius 1 is 1.35 bits per heavy atom. The Morgan fingerprint density at radius 2 is 1.88 bits per heavy atom. The van der Waals surface area contributed by atoms with Gasteiger partial charge in [0.25, 0.3) is 0 Å². The van der Waals surface area contributed by atoms with Gasteiger partial charge in [-0.25, -0.2) is 4.79 Å². The van der Waals surface area contributed by atoms with Crippen molar-refractivity contribution in [1.82, 2.24) is 9.80 Å². The molecule has 0 aromatic rings. The molecule has 17 heavy (non-hydrogen) atoms. The predicted octanol–water partition coefficient (Wildman–Crippen LogP) is 1.96. The quantitative estimate of drug-likeness (QED) is 0.730. The van der Waals surface area contributed by atoms with Crippen LogP contribution in [-0.4, -0.2) is 52.0 Å². The number of rotatable bonds is 1. The summed E-state index contributed by atoms with van der Waals surface area (Å²) in [5, 5.41) is 0.265. The highest BCUT2D eigenvalue weighted by Crippen LogP contribution is 2.34. The highest BCUT2D eigenvalue weighted by atomic mass is 32.1. The summed E-state index contributed by atoms with van der Waals surface area (Å²) in [5.74, 6) is 0. The molecule has 0 spiro atoms. The van der Waals surface area contributed by atoms with Gasteiger partial charge in [0.2, 0.25) is 0 Å². The van der Waals surface area contributed by atoms with Crippen LogP contribution in [0.15, 0.2) is 0 Å². The van der Waals surface area contributed by atoms with E-state index in [1.165, 1.54) is 0 Å². The van der Waals surface area contributed by atoms with Crippen LogP contribution in [0.25, 0.3) is 0 Å². The highest BCUT2D eigenvalue weighted by Gasteiger charge is 2.49. The third-order valence-corrected chi connectivity index (χ3v) is 3.68. The maximum absolute atomic E-state index is 12.0. The van der Waals surface area contributed by atoms with Crippen molar-refractivity contribution in [3.8, 4) is 0 Å². The second-order valence-corrected chi connectivity index (χ2v) is 6.76. The molecular formula is C12H22N2O2S. The minimum absolute atomic E-state index is 0.162. The molecular weight excluding hydrogens is 236 g/mol. The molecule has 0 aliphatic carbocycles. The fourth-order valence-corrected chi connectivity index (χ4v) is 2.75. The lowest BCUT2D eigenvalue weighted by molar-refractivity contribution is -0.0775. The largest absolute Gasteiger partial charge is 0.444 e. The number of hydrogen-bond donors (Lipinski definition) is 1. The summed E-state index contributed by atoms with van der Waals surface area (Å²) in [4.78, 5) is 16.2. The monoisotopic (exact) mass is 258 g/mol. The number of thiol groups is 1. The van der Waals surface area contributed by atoms with E-state index in [4.69, 9.17) is 4.74 Å². The normalized spacial score (nSPS) is 30.8. The van der Waals surface area contributed by atoms with Gasteiger partial charge in [0.05, 0.1) is 17.5 Å². The minimum atomic E-state index is -0.405. The van der Waals surface area contributed by atoms with Crippen molar-refractivity contribution in [3.05, 3.63) is 0 Å². The standard InChI is InChI=1S/C12H22N2O2S/c1-8(17)13-6-9-5-10(7-13)14(9)11(15)16-12(2,3)4/h8-10,17H,5-7H2,1-4H3. The van der Waals surface area contributed by atoms with Crippen LogP contribution in [0.1, 0.15) is 34.1 Å². The zero-order valence-corrected chi connectivity index (χ0v) is 11.9. The summed E-state index contributed by atoms with van der Waals surface area (Å²) in [7, 11) is 0. The molecule has 3 unspecified atom stereocenters. The van der Waals surface area contributed by atoms with Crippen molar-refractivity contribution in [2.45, 2.75) is 57.2 Å². The number of hydrogen-bond acceptors (Lipinski definition) is 4. The zero-order chi connectivity index (χ0) is 12.8. The molecule has 3 rings (SSSR count). The average Bonchev–Trinajstić information content (AvgIpc) is 2.14. The SMILES string of the molecule is CC(S)N1CC2CC(C1)N2C(=O)OC(C)(C)C. The first kappa shape index (κ1) is 13.0. The first-order valence-electron chi connectivity index (χ1n) is 6.21. The molecule has 3 aliphatic heterocycles. The van der Waals surface area contributed by atoms with Crippen LogP contribution in [0.4, 0.5) is 4.79 Å². The van der Waals surface area contributed by atoms with E-state index in [2.05, 4.69) is 24.5 Å². The molecule has 0 aromatic carbocycles. The van der Waals surface area contributed by atoms with E-state index in [9.17, 15) is 4.79 Å². The lowest BCUT2D eigenvalue weighted by Crippen LogP contribution is -2.71. The Kier molecular flexibility index (Phi) is 3.34. The van der Waals surface area contributed by atoms with Crippen LogP contribution >= 0.6 is 12.6 Å². The molecule has 98 valence electrons. The fraction of sp³-hybridized carbons (Fsp3) is 0.917. The van der Waals surface area contributed by atoms with Gasteiger partial charge >= 0.3 is 6.09 Å². The van der Waals surface area contributed by atoms with Gasteiger partial charge in [0.1, 0.15) is 5.60 Å². The Bertz CT molecular complexity index is 302. The third-order valence-electron chi connectivity index (χ3n) is 3.35. The topological polar surface area (TPSA) is 32.8 Å². The van der Waals surface area contributed by atoms with Crippen molar-refractivity contribution in [3.63, 3.8) is 0 Å². The van der Waals surface area contributed by atoms with E-state index in [0.29, 0.717) is 12.1 Å². The van der Waals surface area contributed by atoms with Gasteiger partial charge in [-0.05, 0) is 34.1 Å². The Balaban J connectivity index is 1.92. The van der Waals surface area contributed by atoms with Crippen molar-refractivity contribution in [2.75, 3.05) is 13.1 Å². The number of ether oxygens (including phenoxy) is 1. The van der Waals surface area contributed by atoms with Crippen LogP contribution in [0.2, 0.25) is 0 Å². The third kappa shape index (κ3) is 2.71. The minimum Gasteiger partial charge on any atom is -0.444 e. The molecule has 3 aliphatic rings.